The van der Waals surface area contributed by atoms with Gasteiger partial charge in [-0.1, -0.05) is 12.1 Å². The van der Waals surface area contributed by atoms with E-state index in [2.05, 4.69) is 5.32 Å². The largest absolute Gasteiger partial charge is 0.497 e. The molecule has 0 atom stereocenters. The topological polar surface area (TPSA) is 58.6 Å². The summed E-state index contributed by atoms with van der Waals surface area (Å²) in [5.41, 5.74) is 1.46. The van der Waals surface area contributed by atoms with Crippen molar-refractivity contribution in [3.05, 3.63) is 59.4 Å². The Labute approximate surface area is 115 Å². The highest BCUT2D eigenvalue weighted by atomic mass is 19.1. The van der Waals surface area contributed by atoms with E-state index < -0.39 is 11.8 Å². The van der Waals surface area contributed by atoms with E-state index in [9.17, 15) is 9.18 Å². The molecule has 104 valence electrons. The van der Waals surface area contributed by atoms with E-state index in [4.69, 9.17) is 9.84 Å². The maximum atomic E-state index is 13.7. The van der Waals surface area contributed by atoms with Crippen LogP contribution in [0.3, 0.4) is 0 Å². The number of rotatable bonds is 5. The van der Waals surface area contributed by atoms with E-state index in [0.717, 1.165) is 5.56 Å². The Morgan fingerprint density at radius 1 is 1.25 bits per heavy atom. The summed E-state index contributed by atoms with van der Waals surface area (Å²) in [6, 6.07) is 11.0. The van der Waals surface area contributed by atoms with E-state index in [-0.39, 0.29) is 5.56 Å². The van der Waals surface area contributed by atoms with Crippen LogP contribution in [0.2, 0.25) is 0 Å². The Balaban J connectivity index is 2.03. The summed E-state index contributed by atoms with van der Waals surface area (Å²) in [5.74, 6) is -0.906. The van der Waals surface area contributed by atoms with Gasteiger partial charge >= 0.3 is 5.97 Å². The van der Waals surface area contributed by atoms with Crippen LogP contribution in [0.15, 0.2) is 42.5 Å². The van der Waals surface area contributed by atoms with Crippen molar-refractivity contribution < 1.29 is 19.0 Å². The molecule has 0 fully saturated rings. The van der Waals surface area contributed by atoms with Gasteiger partial charge in [0.15, 0.2) is 0 Å². The van der Waals surface area contributed by atoms with Crippen LogP contribution in [0.4, 0.5) is 10.1 Å². The Morgan fingerprint density at radius 3 is 2.50 bits per heavy atom. The van der Waals surface area contributed by atoms with Crippen LogP contribution in [-0.4, -0.2) is 18.2 Å². The van der Waals surface area contributed by atoms with Gasteiger partial charge < -0.3 is 15.2 Å². The molecule has 0 unspecified atom stereocenters. The molecule has 5 heteroatoms. The highest BCUT2D eigenvalue weighted by Crippen LogP contribution is 2.20. The van der Waals surface area contributed by atoms with Gasteiger partial charge in [0, 0.05) is 12.6 Å². The zero-order valence-electron chi connectivity index (χ0n) is 10.9. The predicted octanol–water partition coefficient (Wildman–Crippen LogP) is 3.14. The third-order valence-electron chi connectivity index (χ3n) is 2.86. The third kappa shape index (κ3) is 3.26. The second kappa shape index (κ2) is 6.06. The maximum Gasteiger partial charge on any atom is 0.335 e. The monoisotopic (exact) mass is 275 g/mol. The second-order valence-electron chi connectivity index (χ2n) is 4.20. The quantitative estimate of drug-likeness (QED) is 0.880. The van der Waals surface area contributed by atoms with Crippen molar-refractivity contribution in [1.82, 2.24) is 0 Å². The summed E-state index contributed by atoms with van der Waals surface area (Å²) in [6.45, 7) is 0.406. The van der Waals surface area contributed by atoms with Crippen molar-refractivity contribution >= 4 is 11.7 Å². The molecule has 20 heavy (non-hydrogen) atoms. The van der Waals surface area contributed by atoms with Crippen molar-refractivity contribution in [2.45, 2.75) is 6.54 Å². The molecule has 0 spiro atoms. The van der Waals surface area contributed by atoms with E-state index in [0.29, 0.717) is 18.0 Å². The van der Waals surface area contributed by atoms with Crippen LogP contribution in [0.1, 0.15) is 15.9 Å². The highest BCUT2D eigenvalue weighted by Gasteiger charge is 2.05. The first-order valence-electron chi connectivity index (χ1n) is 6.00. The minimum absolute atomic E-state index is 0.226. The lowest BCUT2D eigenvalue weighted by Crippen LogP contribution is -2.02. The summed E-state index contributed by atoms with van der Waals surface area (Å²) >= 11 is 0. The van der Waals surface area contributed by atoms with Gasteiger partial charge in [0.25, 0.3) is 0 Å². The van der Waals surface area contributed by atoms with Crippen molar-refractivity contribution in [3.8, 4) is 5.75 Å². The number of benzene rings is 2. The molecule has 0 saturated carbocycles. The molecular weight excluding hydrogens is 261 g/mol. The summed E-state index contributed by atoms with van der Waals surface area (Å²) < 4.78 is 18.6. The van der Waals surface area contributed by atoms with Crippen LogP contribution in [0.5, 0.6) is 5.75 Å². The average Bonchev–Trinajstić information content (AvgIpc) is 2.46. The number of anilines is 1. The fourth-order valence-corrected chi connectivity index (χ4v) is 1.73. The second-order valence-corrected chi connectivity index (χ2v) is 4.20. The molecule has 2 N–H and O–H groups in total. The number of halogens is 1. The zero-order valence-corrected chi connectivity index (χ0v) is 10.9. The molecule has 0 bridgehead atoms. The fourth-order valence-electron chi connectivity index (χ4n) is 1.73. The molecule has 4 nitrogen and oxygen atoms in total. The molecule has 2 rings (SSSR count). The number of carbonyl (C=O) groups is 1. The standard InChI is InChI=1S/C15H14FNO3/c1-20-12-6-7-14(13(16)8-12)17-9-10-2-4-11(5-3-10)15(18)19/h2-8,17H,9H2,1H3,(H,18,19). The lowest BCUT2D eigenvalue weighted by Gasteiger charge is -2.09. The molecule has 2 aromatic carbocycles. The first-order valence-corrected chi connectivity index (χ1v) is 6.00. The third-order valence-corrected chi connectivity index (χ3v) is 2.86. The molecule has 0 aliphatic heterocycles. The van der Waals surface area contributed by atoms with Gasteiger partial charge in [-0.2, -0.15) is 0 Å². The Bertz CT molecular complexity index is 611. The number of aromatic carboxylic acids is 1. The Morgan fingerprint density at radius 2 is 1.95 bits per heavy atom. The number of nitrogens with one attached hydrogen (secondary N) is 1. The van der Waals surface area contributed by atoms with Gasteiger partial charge in [0.2, 0.25) is 0 Å². The van der Waals surface area contributed by atoms with Crippen molar-refractivity contribution in [2.24, 2.45) is 0 Å². The molecule has 0 saturated heterocycles. The lowest BCUT2D eigenvalue weighted by molar-refractivity contribution is 0.0697. The van der Waals surface area contributed by atoms with Crippen molar-refractivity contribution in [2.75, 3.05) is 12.4 Å². The Hall–Kier alpha value is -2.56. The summed E-state index contributed by atoms with van der Waals surface area (Å²) in [6.07, 6.45) is 0. The minimum atomic E-state index is -0.967. The predicted molar refractivity (Wildman–Crippen MR) is 73.7 cm³/mol. The number of hydrogen-bond donors (Lipinski definition) is 2. The smallest absolute Gasteiger partial charge is 0.335 e. The number of ether oxygens (including phenoxy) is 1. The minimum Gasteiger partial charge on any atom is -0.497 e. The molecule has 0 aliphatic rings. The van der Waals surface area contributed by atoms with Crippen LogP contribution >= 0.6 is 0 Å². The molecule has 0 amide bonds. The average molecular weight is 275 g/mol. The SMILES string of the molecule is COc1ccc(NCc2ccc(C(=O)O)cc2)c(F)c1. The van der Waals surface area contributed by atoms with Crippen molar-refractivity contribution in [1.29, 1.82) is 0 Å². The zero-order chi connectivity index (χ0) is 14.5. The van der Waals surface area contributed by atoms with Gasteiger partial charge in [-0.15, -0.1) is 0 Å². The number of carboxylic acid groups (broad SMARTS) is 1. The first-order chi connectivity index (χ1) is 9.60. The van der Waals surface area contributed by atoms with Gasteiger partial charge in [-0.3, -0.25) is 0 Å². The van der Waals surface area contributed by atoms with Crippen LogP contribution in [0, 0.1) is 5.82 Å². The molecular formula is C15H14FNO3. The summed E-state index contributed by atoms with van der Waals surface area (Å²) in [5, 5.41) is 11.7. The normalized spacial score (nSPS) is 10.1. The first kappa shape index (κ1) is 13.9. The number of hydrogen-bond acceptors (Lipinski definition) is 3. The van der Waals surface area contributed by atoms with Crippen molar-refractivity contribution in [3.63, 3.8) is 0 Å². The number of carboxylic acids is 1. The fraction of sp³-hybridized carbons (Fsp3) is 0.133. The van der Waals surface area contributed by atoms with Gasteiger partial charge in [0.05, 0.1) is 18.4 Å². The van der Waals surface area contributed by atoms with E-state index in [1.165, 1.54) is 25.3 Å². The molecule has 0 aromatic heterocycles. The maximum absolute atomic E-state index is 13.7. The van der Waals surface area contributed by atoms with E-state index in [1.807, 2.05) is 0 Å². The van der Waals surface area contributed by atoms with Crippen LogP contribution in [-0.2, 0) is 6.54 Å². The molecule has 0 aliphatic carbocycles. The number of methoxy groups -OCH3 is 1. The molecule has 0 heterocycles. The molecule has 2 aromatic rings. The lowest BCUT2D eigenvalue weighted by atomic mass is 10.1. The van der Waals surface area contributed by atoms with Crippen LogP contribution in [0.25, 0.3) is 0 Å². The summed E-state index contributed by atoms with van der Waals surface area (Å²) in [4.78, 5) is 10.7. The van der Waals surface area contributed by atoms with E-state index in [1.54, 1.807) is 24.3 Å². The van der Waals surface area contributed by atoms with E-state index >= 15 is 0 Å². The van der Waals surface area contributed by atoms with Gasteiger partial charge in [-0.25, -0.2) is 9.18 Å². The van der Waals surface area contributed by atoms with Gasteiger partial charge in [0.1, 0.15) is 11.6 Å². The van der Waals surface area contributed by atoms with Gasteiger partial charge in [-0.05, 0) is 29.8 Å². The van der Waals surface area contributed by atoms with Crippen LogP contribution < -0.4 is 10.1 Å². The highest BCUT2D eigenvalue weighted by molar-refractivity contribution is 5.87. The Kier molecular flexibility index (Phi) is 4.20. The molecule has 0 radical (unpaired) electrons. The summed E-state index contributed by atoms with van der Waals surface area (Å²) in [7, 11) is 1.48.